The molecule has 3 fully saturated rings. The minimum Gasteiger partial charge on any atom is -0.356 e. The maximum absolute atomic E-state index is 14.1. The maximum Gasteiger partial charge on any atom is 0.289 e. The Labute approximate surface area is 225 Å². The summed E-state index contributed by atoms with van der Waals surface area (Å²) in [6.45, 7) is 0.466. The third-order valence-corrected chi connectivity index (χ3v) is 7.49. The summed E-state index contributed by atoms with van der Waals surface area (Å²) in [7, 11) is 0. The van der Waals surface area contributed by atoms with Gasteiger partial charge in [0.05, 0.1) is 6.04 Å². The summed E-state index contributed by atoms with van der Waals surface area (Å²) in [5, 5.41) is 10.9. The van der Waals surface area contributed by atoms with Crippen LogP contribution in [0.25, 0.3) is 6.08 Å². The Morgan fingerprint density at radius 3 is 2.42 bits per heavy atom. The number of amides is 4. The van der Waals surface area contributed by atoms with Gasteiger partial charge in [0.2, 0.25) is 23.5 Å². The zero-order chi connectivity index (χ0) is 27.2. The lowest BCUT2D eigenvalue weighted by Crippen LogP contribution is -2.55. The molecule has 3 aliphatic rings. The molecule has 1 aromatic carbocycles. The molecule has 3 atom stereocenters. The Morgan fingerprint density at radius 2 is 1.82 bits per heavy atom. The van der Waals surface area contributed by atoms with Crippen LogP contribution in [0, 0.1) is 17.7 Å². The fourth-order valence-corrected chi connectivity index (χ4v) is 4.77. The number of carbonyl (C=O) groups excluding carboxylic acids is 5. The van der Waals surface area contributed by atoms with Crippen LogP contribution in [0.4, 0.5) is 4.39 Å². The zero-order valence-electron chi connectivity index (χ0n) is 20.9. The van der Waals surface area contributed by atoms with Crippen LogP contribution in [-0.2, 0) is 24.0 Å². The normalized spacial score (nSPS) is 20.8. The van der Waals surface area contributed by atoms with E-state index in [-0.39, 0.29) is 34.9 Å². The Hall–Kier alpha value is -3.27. The van der Waals surface area contributed by atoms with Gasteiger partial charge < -0.3 is 21.3 Å². The van der Waals surface area contributed by atoms with Crippen molar-refractivity contribution in [3.8, 4) is 0 Å². The van der Waals surface area contributed by atoms with Crippen molar-refractivity contribution in [2.24, 2.45) is 11.8 Å². The van der Waals surface area contributed by atoms with E-state index in [2.05, 4.69) is 21.3 Å². The van der Waals surface area contributed by atoms with Crippen molar-refractivity contribution in [2.45, 2.75) is 69.5 Å². The summed E-state index contributed by atoms with van der Waals surface area (Å²) < 4.78 is 14.1. The molecule has 4 N–H and O–H groups in total. The highest BCUT2D eigenvalue weighted by atomic mass is 35.5. The molecule has 1 aliphatic heterocycles. The van der Waals surface area contributed by atoms with Crippen molar-refractivity contribution >= 4 is 47.1 Å². The lowest BCUT2D eigenvalue weighted by molar-refractivity contribution is -0.141. The molecule has 1 unspecified atom stereocenters. The molecule has 204 valence electrons. The molecule has 1 aromatic rings. The number of Topliss-reactive ketones (excluding diaryl/α,β-unsaturated/α-hetero) is 1. The zero-order valence-corrected chi connectivity index (χ0v) is 21.7. The van der Waals surface area contributed by atoms with E-state index in [1.165, 1.54) is 18.2 Å². The van der Waals surface area contributed by atoms with Crippen LogP contribution in [0.1, 0.15) is 56.9 Å². The van der Waals surface area contributed by atoms with E-state index < -0.39 is 47.3 Å². The Balaban J connectivity index is 1.44. The summed E-state index contributed by atoms with van der Waals surface area (Å²) >= 11 is 5.76. The number of halogens is 2. The number of hydrogen-bond donors (Lipinski definition) is 4. The van der Waals surface area contributed by atoms with E-state index in [4.69, 9.17) is 11.6 Å². The second kappa shape index (κ2) is 12.5. The fourth-order valence-electron chi connectivity index (χ4n) is 4.62. The van der Waals surface area contributed by atoms with Crippen molar-refractivity contribution in [3.05, 3.63) is 40.7 Å². The average molecular weight is 547 g/mol. The lowest BCUT2D eigenvalue weighted by atomic mass is 9.80. The Morgan fingerprint density at radius 1 is 1.05 bits per heavy atom. The third-order valence-electron chi connectivity index (χ3n) is 7.26. The first-order valence-electron chi connectivity index (χ1n) is 13.1. The second-order valence-electron chi connectivity index (χ2n) is 10.3. The van der Waals surface area contributed by atoms with Crippen molar-refractivity contribution in [3.63, 3.8) is 0 Å². The largest absolute Gasteiger partial charge is 0.356 e. The molecule has 0 aromatic heterocycles. The van der Waals surface area contributed by atoms with Gasteiger partial charge in [-0.2, -0.15) is 0 Å². The van der Waals surface area contributed by atoms with E-state index in [1.807, 2.05) is 0 Å². The number of carbonyl (C=O) groups is 5. The molecule has 0 spiro atoms. The van der Waals surface area contributed by atoms with Crippen LogP contribution in [0.3, 0.4) is 0 Å². The molecule has 0 bridgehead atoms. The highest BCUT2D eigenvalue weighted by Gasteiger charge is 2.37. The monoisotopic (exact) mass is 546 g/mol. The van der Waals surface area contributed by atoms with E-state index >= 15 is 0 Å². The van der Waals surface area contributed by atoms with Crippen LogP contribution in [0.2, 0.25) is 5.02 Å². The summed E-state index contributed by atoms with van der Waals surface area (Å²) in [6, 6.07) is 1.85. The topological polar surface area (TPSA) is 133 Å². The first kappa shape index (κ1) is 27.8. The molecule has 4 rings (SSSR count). The summed E-state index contributed by atoms with van der Waals surface area (Å²) in [4.78, 5) is 63.6. The summed E-state index contributed by atoms with van der Waals surface area (Å²) in [5.74, 6) is -3.90. The molecule has 2 aliphatic carbocycles. The van der Waals surface area contributed by atoms with Crippen molar-refractivity contribution < 1.29 is 28.4 Å². The molecule has 2 saturated carbocycles. The van der Waals surface area contributed by atoms with Crippen molar-refractivity contribution in [2.75, 3.05) is 6.54 Å². The van der Waals surface area contributed by atoms with Gasteiger partial charge in [-0.05, 0) is 56.2 Å². The minimum atomic E-state index is -1.20. The van der Waals surface area contributed by atoms with Crippen molar-refractivity contribution in [1.82, 2.24) is 21.3 Å². The molecule has 1 saturated heterocycles. The number of rotatable bonds is 12. The van der Waals surface area contributed by atoms with Crippen LogP contribution in [-0.4, -0.2) is 54.1 Å². The van der Waals surface area contributed by atoms with Gasteiger partial charge in [0, 0.05) is 35.2 Å². The summed E-state index contributed by atoms with van der Waals surface area (Å²) in [6.07, 6.45) is 7.72. The molecule has 11 heteroatoms. The van der Waals surface area contributed by atoms with Gasteiger partial charge >= 0.3 is 0 Å². The van der Waals surface area contributed by atoms with Gasteiger partial charge in [0.25, 0.3) is 5.91 Å². The SMILES string of the molecule is O=C(/C=C/c1ccc(Cl)cc1F)N[C@@H](CC1CCC1)C(=O)NC(C[C@@H]1CCNC1=O)C(=O)C(=O)NC1CC1. The Kier molecular flexibility index (Phi) is 9.14. The average Bonchev–Trinajstić information content (AvgIpc) is 3.57. The first-order chi connectivity index (χ1) is 18.2. The molecular formula is C27H32ClFN4O5. The van der Waals surface area contributed by atoms with Gasteiger partial charge in [-0.3, -0.25) is 24.0 Å². The molecule has 0 radical (unpaired) electrons. The molecular weight excluding hydrogens is 515 g/mol. The lowest BCUT2D eigenvalue weighted by Gasteiger charge is -2.30. The maximum atomic E-state index is 14.1. The smallest absolute Gasteiger partial charge is 0.289 e. The molecule has 4 amide bonds. The highest BCUT2D eigenvalue weighted by Crippen LogP contribution is 2.30. The minimum absolute atomic E-state index is 0.00562. The van der Waals surface area contributed by atoms with Gasteiger partial charge in [0.15, 0.2) is 0 Å². The van der Waals surface area contributed by atoms with Gasteiger partial charge in [0.1, 0.15) is 11.9 Å². The molecule has 38 heavy (non-hydrogen) atoms. The molecule has 9 nitrogen and oxygen atoms in total. The van der Waals surface area contributed by atoms with Gasteiger partial charge in [-0.25, -0.2) is 4.39 Å². The quantitative estimate of drug-likeness (QED) is 0.235. The predicted octanol–water partition coefficient (Wildman–Crippen LogP) is 2.03. The summed E-state index contributed by atoms with van der Waals surface area (Å²) in [5.41, 5.74) is 0.159. The second-order valence-corrected chi connectivity index (χ2v) is 10.7. The standard InChI is InChI=1S/C27H32ClFN4O5/c28-18-6-4-16(20(29)14-18)5-9-23(34)32-22(12-15-2-1-3-15)26(37)33-21(13-17-10-11-30-25(17)36)24(35)27(38)31-19-7-8-19/h4-6,9,14-15,17,19,21-22H,1-3,7-8,10-13H2,(H,30,36)(H,31,38)(H,32,34)(H,33,37)/b9-5+/t17-,21?,22-/m0/s1. The predicted molar refractivity (Wildman–Crippen MR) is 138 cm³/mol. The van der Waals surface area contributed by atoms with E-state index in [0.717, 1.165) is 44.2 Å². The van der Waals surface area contributed by atoms with E-state index in [1.54, 1.807) is 0 Å². The van der Waals surface area contributed by atoms with Crippen LogP contribution >= 0.6 is 11.6 Å². The fraction of sp³-hybridized carbons (Fsp3) is 0.519. The van der Waals surface area contributed by atoms with Crippen LogP contribution in [0.5, 0.6) is 0 Å². The van der Waals surface area contributed by atoms with E-state index in [9.17, 15) is 28.4 Å². The van der Waals surface area contributed by atoms with Gasteiger partial charge in [-0.15, -0.1) is 0 Å². The number of ketones is 1. The number of hydrogen-bond acceptors (Lipinski definition) is 5. The molecule has 1 heterocycles. The Bertz CT molecular complexity index is 1130. The van der Waals surface area contributed by atoms with Gasteiger partial charge in [-0.1, -0.05) is 36.9 Å². The van der Waals surface area contributed by atoms with E-state index in [0.29, 0.717) is 19.4 Å². The third kappa shape index (κ3) is 7.63. The highest BCUT2D eigenvalue weighted by molar-refractivity contribution is 6.38. The van der Waals surface area contributed by atoms with Crippen molar-refractivity contribution in [1.29, 1.82) is 0 Å². The number of nitrogens with one attached hydrogen (secondary N) is 4. The first-order valence-corrected chi connectivity index (χ1v) is 13.4. The number of benzene rings is 1. The van der Waals surface area contributed by atoms with Crippen LogP contribution < -0.4 is 21.3 Å². The van der Waals surface area contributed by atoms with Crippen LogP contribution in [0.15, 0.2) is 24.3 Å².